The van der Waals surface area contributed by atoms with E-state index in [1.165, 1.54) is 4.70 Å². The Hall–Kier alpha value is -2.31. The molecule has 2 unspecified atom stereocenters. The van der Waals surface area contributed by atoms with Crippen LogP contribution in [-0.2, 0) is 0 Å². The number of aromatic nitrogens is 2. The quantitative estimate of drug-likeness (QED) is 0.627. The second kappa shape index (κ2) is 7.26. The van der Waals surface area contributed by atoms with Crippen LogP contribution in [0, 0.1) is 13.8 Å². The Morgan fingerprint density at radius 2 is 2.04 bits per heavy atom. The molecule has 5 nitrogen and oxygen atoms in total. The number of nitrogens with one attached hydrogen (secondary N) is 1. The topological polar surface area (TPSA) is 66.1 Å². The van der Waals surface area contributed by atoms with Crippen molar-refractivity contribution >= 4 is 33.1 Å². The lowest BCUT2D eigenvalue weighted by Crippen LogP contribution is -2.39. The van der Waals surface area contributed by atoms with Gasteiger partial charge in [0, 0.05) is 11.3 Å². The van der Waals surface area contributed by atoms with Gasteiger partial charge in [-0.25, -0.2) is 4.98 Å². The molecule has 1 aliphatic rings. The minimum Gasteiger partial charge on any atom is -0.355 e. The van der Waals surface area contributed by atoms with E-state index in [1.807, 2.05) is 39.0 Å². The van der Waals surface area contributed by atoms with Gasteiger partial charge < -0.3 is 4.98 Å². The number of hydrogen-bond acceptors (Lipinski definition) is 5. The van der Waals surface area contributed by atoms with Gasteiger partial charge in [0.05, 0.1) is 28.0 Å². The molecule has 0 amide bonds. The summed E-state index contributed by atoms with van der Waals surface area (Å²) in [7, 11) is 0. The van der Waals surface area contributed by atoms with E-state index in [4.69, 9.17) is 4.98 Å². The SMILES string of the molecule is CC(=O)c1c(C)[nH]c(C(=O)C(C)N2CCCC2c2nc3ccccc3s2)c1C. The number of carbonyl (C=O) groups is 2. The Kier molecular flexibility index (Phi) is 4.93. The number of H-pyrrole nitrogens is 1. The van der Waals surface area contributed by atoms with Crippen molar-refractivity contribution in [3.63, 3.8) is 0 Å². The number of likely N-dealkylation sites (tertiary alicyclic amines) is 1. The molecular weight excluding hydrogens is 370 g/mol. The number of rotatable bonds is 5. The van der Waals surface area contributed by atoms with Crippen molar-refractivity contribution in [3.05, 3.63) is 51.8 Å². The number of aryl methyl sites for hydroxylation is 1. The van der Waals surface area contributed by atoms with E-state index in [1.54, 1.807) is 18.3 Å². The molecule has 1 aromatic carbocycles. The van der Waals surface area contributed by atoms with Crippen LogP contribution in [0.1, 0.15) is 69.8 Å². The average Bonchev–Trinajstić information content (AvgIpc) is 3.36. The van der Waals surface area contributed by atoms with Crippen LogP contribution in [0.25, 0.3) is 10.2 Å². The van der Waals surface area contributed by atoms with Crippen molar-refractivity contribution in [2.75, 3.05) is 6.54 Å². The molecule has 2 aromatic heterocycles. The highest BCUT2D eigenvalue weighted by Gasteiger charge is 2.36. The van der Waals surface area contributed by atoms with Gasteiger partial charge in [0.25, 0.3) is 0 Å². The highest BCUT2D eigenvalue weighted by Crippen LogP contribution is 2.38. The smallest absolute Gasteiger partial charge is 0.196 e. The Labute approximate surface area is 168 Å². The lowest BCUT2D eigenvalue weighted by atomic mass is 10.0. The van der Waals surface area contributed by atoms with Crippen molar-refractivity contribution in [3.8, 4) is 0 Å². The van der Waals surface area contributed by atoms with Gasteiger partial charge in [0.1, 0.15) is 5.01 Å². The Bertz CT molecular complexity index is 1030. The Balaban J connectivity index is 1.63. The van der Waals surface area contributed by atoms with Crippen LogP contribution in [0.3, 0.4) is 0 Å². The number of Topliss-reactive ketones (excluding diaryl/α,β-unsaturated/α-hetero) is 2. The summed E-state index contributed by atoms with van der Waals surface area (Å²) in [6.07, 6.45) is 2.07. The molecule has 2 atom stereocenters. The number of para-hydroxylation sites is 1. The summed E-state index contributed by atoms with van der Waals surface area (Å²) < 4.78 is 1.19. The molecule has 28 heavy (non-hydrogen) atoms. The van der Waals surface area contributed by atoms with E-state index in [2.05, 4.69) is 16.0 Å². The molecule has 0 radical (unpaired) electrons. The first-order valence-electron chi connectivity index (χ1n) is 9.74. The van der Waals surface area contributed by atoms with Crippen LogP contribution in [-0.4, -0.2) is 39.0 Å². The van der Waals surface area contributed by atoms with Crippen LogP contribution in [0.4, 0.5) is 0 Å². The van der Waals surface area contributed by atoms with Crippen LogP contribution in [0.5, 0.6) is 0 Å². The minimum atomic E-state index is -0.268. The van der Waals surface area contributed by atoms with Gasteiger partial charge in [-0.2, -0.15) is 0 Å². The average molecular weight is 396 g/mol. The second-order valence-corrected chi connectivity index (χ2v) is 8.70. The zero-order chi connectivity index (χ0) is 20.0. The first kappa shape index (κ1) is 19.0. The van der Waals surface area contributed by atoms with Crippen LogP contribution >= 0.6 is 11.3 Å². The number of aromatic amines is 1. The number of hydrogen-bond donors (Lipinski definition) is 1. The fourth-order valence-electron chi connectivity index (χ4n) is 4.43. The molecule has 0 bridgehead atoms. The van der Waals surface area contributed by atoms with Gasteiger partial charge in [-0.1, -0.05) is 12.1 Å². The number of carbonyl (C=O) groups excluding carboxylic acids is 2. The maximum atomic E-state index is 13.3. The zero-order valence-electron chi connectivity index (χ0n) is 16.7. The molecule has 3 aromatic rings. The number of fused-ring (bicyclic) bond motifs is 1. The van der Waals surface area contributed by atoms with Gasteiger partial charge in [-0.15, -0.1) is 11.3 Å². The summed E-state index contributed by atoms with van der Waals surface area (Å²) in [5.41, 5.74) is 3.75. The molecule has 0 spiro atoms. The Morgan fingerprint density at radius 1 is 1.29 bits per heavy atom. The number of thiazole rings is 1. The molecule has 0 aliphatic carbocycles. The Morgan fingerprint density at radius 3 is 2.71 bits per heavy atom. The lowest BCUT2D eigenvalue weighted by Gasteiger charge is -2.28. The largest absolute Gasteiger partial charge is 0.355 e. The molecular formula is C22H25N3O2S. The van der Waals surface area contributed by atoms with E-state index < -0.39 is 0 Å². The van der Waals surface area contributed by atoms with E-state index in [0.29, 0.717) is 11.3 Å². The van der Waals surface area contributed by atoms with Gasteiger partial charge >= 0.3 is 0 Å². The van der Waals surface area contributed by atoms with Gasteiger partial charge in [-0.3, -0.25) is 14.5 Å². The van der Waals surface area contributed by atoms with E-state index in [0.717, 1.165) is 41.2 Å². The number of ketones is 2. The molecule has 0 saturated carbocycles. The molecule has 6 heteroatoms. The monoisotopic (exact) mass is 395 g/mol. The number of benzene rings is 1. The summed E-state index contributed by atoms with van der Waals surface area (Å²) in [5.74, 6) is 0.0348. The van der Waals surface area contributed by atoms with Gasteiger partial charge in [0.2, 0.25) is 0 Å². The normalized spacial score (nSPS) is 18.6. The highest BCUT2D eigenvalue weighted by atomic mass is 32.1. The molecule has 1 N–H and O–H groups in total. The maximum Gasteiger partial charge on any atom is 0.196 e. The lowest BCUT2D eigenvalue weighted by molar-refractivity contribution is 0.0814. The predicted octanol–water partition coefficient (Wildman–Crippen LogP) is 4.85. The molecule has 1 fully saturated rings. The molecule has 3 heterocycles. The summed E-state index contributed by atoms with van der Waals surface area (Å²) in [5, 5.41) is 1.09. The second-order valence-electron chi connectivity index (χ2n) is 7.64. The van der Waals surface area contributed by atoms with Gasteiger partial charge in [-0.05, 0) is 64.8 Å². The minimum absolute atomic E-state index is 0.00789. The molecule has 4 rings (SSSR count). The number of nitrogens with zero attached hydrogens (tertiary/aromatic N) is 2. The summed E-state index contributed by atoms with van der Waals surface area (Å²) in [4.78, 5) is 35.5. The third-order valence-corrected chi connectivity index (χ3v) is 6.94. The van der Waals surface area contributed by atoms with Crippen LogP contribution in [0.15, 0.2) is 24.3 Å². The fourth-order valence-corrected chi connectivity index (χ4v) is 5.56. The standard InChI is InChI=1S/C22H25N3O2S/c1-12-19(15(4)26)13(2)23-20(12)21(27)14(3)25-11-7-9-17(25)22-24-16-8-5-6-10-18(16)28-22/h5-6,8,10,14,17,23H,7,9,11H2,1-4H3. The summed E-state index contributed by atoms with van der Waals surface area (Å²) in [6, 6.07) is 8.08. The highest BCUT2D eigenvalue weighted by molar-refractivity contribution is 7.18. The van der Waals surface area contributed by atoms with E-state index >= 15 is 0 Å². The van der Waals surface area contributed by atoms with Crippen molar-refractivity contribution in [1.82, 2.24) is 14.9 Å². The van der Waals surface area contributed by atoms with E-state index in [-0.39, 0.29) is 23.7 Å². The fraction of sp³-hybridized carbons (Fsp3) is 0.409. The third-order valence-electron chi connectivity index (χ3n) is 5.80. The van der Waals surface area contributed by atoms with Crippen LogP contribution < -0.4 is 0 Å². The van der Waals surface area contributed by atoms with Crippen molar-refractivity contribution < 1.29 is 9.59 Å². The van der Waals surface area contributed by atoms with E-state index in [9.17, 15) is 9.59 Å². The maximum absolute atomic E-state index is 13.3. The van der Waals surface area contributed by atoms with Gasteiger partial charge in [0.15, 0.2) is 11.6 Å². The third kappa shape index (κ3) is 3.10. The van der Waals surface area contributed by atoms with Crippen molar-refractivity contribution in [2.24, 2.45) is 0 Å². The van der Waals surface area contributed by atoms with Crippen molar-refractivity contribution in [1.29, 1.82) is 0 Å². The molecule has 1 saturated heterocycles. The predicted molar refractivity (Wildman–Crippen MR) is 112 cm³/mol. The summed E-state index contributed by atoms with van der Waals surface area (Å²) in [6.45, 7) is 8.10. The van der Waals surface area contributed by atoms with Crippen molar-refractivity contribution in [2.45, 2.75) is 52.6 Å². The molecule has 1 aliphatic heterocycles. The molecule has 146 valence electrons. The zero-order valence-corrected chi connectivity index (χ0v) is 17.5. The summed E-state index contributed by atoms with van der Waals surface area (Å²) >= 11 is 1.72. The van der Waals surface area contributed by atoms with Crippen LogP contribution in [0.2, 0.25) is 0 Å². The first-order valence-corrected chi connectivity index (χ1v) is 10.6. The first-order chi connectivity index (χ1) is 13.4.